The predicted octanol–water partition coefficient (Wildman–Crippen LogP) is 3.23. The molecular formula is C25H48O12. The average Bonchev–Trinajstić information content (AvgIpc) is 2.90. The van der Waals surface area contributed by atoms with Gasteiger partial charge in [0.05, 0.1) is 12.7 Å². The summed E-state index contributed by atoms with van der Waals surface area (Å²) in [5, 5.41) is 15.7. The molecule has 0 bridgehead atoms. The lowest BCUT2D eigenvalue weighted by Gasteiger charge is -2.39. The fourth-order valence-electron chi connectivity index (χ4n) is 2.63. The largest absolute Gasteiger partial charge is 0.481 e. The molecule has 0 aromatic rings. The molecule has 1 rings (SSSR count). The van der Waals surface area contributed by atoms with Gasteiger partial charge < -0.3 is 43.4 Å². The zero-order valence-electron chi connectivity index (χ0n) is 23.3. The molecule has 1 fully saturated rings. The van der Waals surface area contributed by atoms with Gasteiger partial charge in [-0.2, -0.15) is 0 Å². The van der Waals surface area contributed by atoms with E-state index in [0.717, 1.165) is 12.8 Å². The van der Waals surface area contributed by atoms with Crippen molar-refractivity contribution in [2.24, 2.45) is 5.92 Å². The van der Waals surface area contributed by atoms with E-state index in [-0.39, 0.29) is 63.5 Å². The van der Waals surface area contributed by atoms with Crippen LogP contribution in [0, 0.1) is 5.92 Å². The van der Waals surface area contributed by atoms with Gasteiger partial charge in [0.1, 0.15) is 19.7 Å². The second kappa shape index (κ2) is 25.8. The predicted molar refractivity (Wildman–Crippen MR) is 133 cm³/mol. The number of rotatable bonds is 16. The molecule has 12 heteroatoms. The fraction of sp³-hybridized carbons (Fsp3) is 0.880. The molecule has 0 spiro atoms. The molecule has 37 heavy (non-hydrogen) atoms. The van der Waals surface area contributed by atoms with E-state index in [1.165, 1.54) is 0 Å². The van der Waals surface area contributed by atoms with Gasteiger partial charge in [-0.15, -0.1) is 0 Å². The van der Waals surface area contributed by atoms with Crippen LogP contribution < -0.4 is 0 Å². The van der Waals surface area contributed by atoms with Gasteiger partial charge in [0.15, 0.2) is 13.1 Å². The van der Waals surface area contributed by atoms with E-state index in [0.29, 0.717) is 32.5 Å². The first kappa shape index (κ1) is 37.3. The maximum absolute atomic E-state index is 11.7. The van der Waals surface area contributed by atoms with Crippen molar-refractivity contribution in [2.75, 3.05) is 40.2 Å². The highest BCUT2D eigenvalue weighted by atomic mass is 16.8. The van der Waals surface area contributed by atoms with Gasteiger partial charge in [-0.1, -0.05) is 41.5 Å². The van der Waals surface area contributed by atoms with Crippen molar-refractivity contribution in [1.82, 2.24) is 0 Å². The SMILES string of the molecule is CCC(=O)O.CCCOCO.CCCOCOC1C[C@@H](OC(=O)CC)[C@H](C)[C@@H](COCOC(=O)CC)O1. The van der Waals surface area contributed by atoms with Crippen molar-refractivity contribution in [3.05, 3.63) is 0 Å². The summed E-state index contributed by atoms with van der Waals surface area (Å²) in [5.41, 5.74) is 0. The number of aliphatic carboxylic acids is 1. The Hall–Kier alpha value is -1.83. The lowest BCUT2D eigenvalue weighted by atomic mass is 9.92. The fourth-order valence-corrected chi connectivity index (χ4v) is 2.63. The highest BCUT2D eigenvalue weighted by molar-refractivity contribution is 5.69. The minimum atomic E-state index is -0.745. The molecule has 1 heterocycles. The molecule has 0 saturated carbocycles. The van der Waals surface area contributed by atoms with Crippen molar-refractivity contribution in [3.63, 3.8) is 0 Å². The van der Waals surface area contributed by atoms with Crippen LogP contribution in [0.4, 0.5) is 0 Å². The third-order valence-electron chi connectivity index (χ3n) is 4.80. The van der Waals surface area contributed by atoms with E-state index in [9.17, 15) is 14.4 Å². The van der Waals surface area contributed by atoms with Gasteiger partial charge in [-0.25, -0.2) is 0 Å². The molecular weight excluding hydrogens is 492 g/mol. The number of carboxylic acids is 1. The third-order valence-corrected chi connectivity index (χ3v) is 4.80. The first-order valence-electron chi connectivity index (χ1n) is 12.9. The molecule has 1 aliphatic rings. The Balaban J connectivity index is 0. The summed E-state index contributed by atoms with van der Waals surface area (Å²) in [6, 6.07) is 0. The smallest absolute Gasteiger partial charge is 0.307 e. The van der Waals surface area contributed by atoms with E-state index in [4.69, 9.17) is 38.6 Å². The van der Waals surface area contributed by atoms with Gasteiger partial charge in [-0.3, -0.25) is 14.4 Å². The minimum absolute atomic E-state index is 0.0798. The topological polar surface area (TPSA) is 156 Å². The van der Waals surface area contributed by atoms with Crippen molar-refractivity contribution < 1.29 is 57.8 Å². The molecule has 0 radical (unpaired) electrons. The Kier molecular flexibility index (Phi) is 26.0. The summed E-state index contributed by atoms with van der Waals surface area (Å²) >= 11 is 0. The molecule has 0 aromatic carbocycles. The second-order valence-corrected chi connectivity index (χ2v) is 7.92. The number of carbonyl (C=O) groups excluding carboxylic acids is 2. The minimum Gasteiger partial charge on any atom is -0.481 e. The van der Waals surface area contributed by atoms with E-state index in [2.05, 4.69) is 4.74 Å². The van der Waals surface area contributed by atoms with E-state index in [1.807, 2.05) is 20.8 Å². The van der Waals surface area contributed by atoms with Crippen molar-refractivity contribution in [3.8, 4) is 0 Å². The Morgan fingerprint density at radius 3 is 1.95 bits per heavy atom. The van der Waals surface area contributed by atoms with E-state index >= 15 is 0 Å². The van der Waals surface area contributed by atoms with Crippen molar-refractivity contribution in [2.45, 2.75) is 98.6 Å². The molecule has 12 nitrogen and oxygen atoms in total. The maximum atomic E-state index is 11.7. The molecule has 0 amide bonds. The molecule has 0 aliphatic carbocycles. The number of carboxylic acid groups (broad SMARTS) is 1. The lowest BCUT2D eigenvalue weighted by Crippen LogP contribution is -2.47. The van der Waals surface area contributed by atoms with Crippen LogP contribution in [0.25, 0.3) is 0 Å². The number of hydrogen-bond donors (Lipinski definition) is 2. The van der Waals surface area contributed by atoms with Crippen LogP contribution >= 0.6 is 0 Å². The van der Waals surface area contributed by atoms with Crippen LogP contribution in [0.5, 0.6) is 0 Å². The van der Waals surface area contributed by atoms with Crippen LogP contribution in [0.1, 0.15) is 80.1 Å². The van der Waals surface area contributed by atoms with Crippen molar-refractivity contribution >= 4 is 17.9 Å². The van der Waals surface area contributed by atoms with E-state index < -0.39 is 12.3 Å². The summed E-state index contributed by atoms with van der Waals surface area (Å²) < 4.78 is 37.2. The summed E-state index contributed by atoms with van der Waals surface area (Å²) in [6.45, 7) is 12.3. The molecule has 4 atom stereocenters. The van der Waals surface area contributed by atoms with Crippen LogP contribution in [0.15, 0.2) is 0 Å². The lowest BCUT2D eigenvalue weighted by molar-refractivity contribution is -0.271. The standard InChI is InChI=1S/C18H32O8.C4H10O2.C3H6O2/c1-5-8-21-11-24-18-9-14(25-17(20)7-3)13(4)15(26-18)10-22-12-23-16(19)6-2;1-2-3-6-4-5;1-2-3(4)5/h13-15,18H,5-12H2,1-4H3;5H,2-4H2,1H3;2H2,1H3,(H,4,5)/t13-,14+,15+,18?;;/m0../s1. The zero-order valence-corrected chi connectivity index (χ0v) is 23.3. The Morgan fingerprint density at radius 1 is 0.865 bits per heavy atom. The zero-order chi connectivity index (χ0) is 28.5. The number of ether oxygens (including phenoxy) is 7. The van der Waals surface area contributed by atoms with Crippen LogP contribution in [-0.4, -0.2) is 86.8 Å². The van der Waals surface area contributed by atoms with Gasteiger partial charge in [0, 0.05) is 44.8 Å². The van der Waals surface area contributed by atoms with Gasteiger partial charge in [0.25, 0.3) is 0 Å². The van der Waals surface area contributed by atoms with Crippen LogP contribution in [-0.2, 0) is 47.5 Å². The van der Waals surface area contributed by atoms with Gasteiger partial charge >= 0.3 is 17.9 Å². The Labute approximate surface area is 220 Å². The number of carbonyl (C=O) groups is 3. The monoisotopic (exact) mass is 540 g/mol. The Bertz CT molecular complexity index is 568. The molecule has 2 N–H and O–H groups in total. The van der Waals surface area contributed by atoms with E-state index in [1.54, 1.807) is 20.8 Å². The van der Waals surface area contributed by atoms with Crippen molar-refractivity contribution in [1.29, 1.82) is 0 Å². The first-order chi connectivity index (χ1) is 17.7. The molecule has 1 saturated heterocycles. The highest BCUT2D eigenvalue weighted by Crippen LogP contribution is 2.29. The summed E-state index contributed by atoms with van der Waals surface area (Å²) in [5.74, 6) is -1.42. The average molecular weight is 541 g/mol. The summed E-state index contributed by atoms with van der Waals surface area (Å²) in [6.07, 6.45) is 1.89. The normalized spacial score (nSPS) is 20.5. The second-order valence-electron chi connectivity index (χ2n) is 7.92. The highest BCUT2D eigenvalue weighted by Gasteiger charge is 2.38. The molecule has 0 aromatic heterocycles. The van der Waals surface area contributed by atoms with Gasteiger partial charge in [0.2, 0.25) is 0 Å². The first-order valence-corrected chi connectivity index (χ1v) is 12.9. The summed E-state index contributed by atoms with van der Waals surface area (Å²) in [4.78, 5) is 32.2. The van der Waals surface area contributed by atoms with Crippen LogP contribution in [0.2, 0.25) is 0 Å². The number of aliphatic hydroxyl groups is 1. The number of esters is 2. The Morgan fingerprint density at radius 2 is 1.46 bits per heavy atom. The summed E-state index contributed by atoms with van der Waals surface area (Å²) in [7, 11) is 0. The van der Waals surface area contributed by atoms with Gasteiger partial charge in [-0.05, 0) is 12.8 Å². The molecule has 1 unspecified atom stereocenters. The maximum Gasteiger partial charge on any atom is 0.307 e. The molecule has 220 valence electrons. The third kappa shape index (κ3) is 21.9. The number of hydrogen-bond acceptors (Lipinski definition) is 11. The number of aliphatic hydroxyl groups excluding tert-OH is 1. The molecule has 1 aliphatic heterocycles. The quantitative estimate of drug-likeness (QED) is 0.168. The van der Waals surface area contributed by atoms with Crippen LogP contribution in [0.3, 0.4) is 0 Å².